The molecule has 0 radical (unpaired) electrons. The lowest BCUT2D eigenvalue weighted by Crippen LogP contribution is -2.41. The van der Waals surface area contributed by atoms with E-state index in [1.165, 1.54) is 0 Å². The molecular formula is C14H23BO4Si. The van der Waals surface area contributed by atoms with Crippen molar-refractivity contribution in [3.63, 3.8) is 0 Å². The van der Waals surface area contributed by atoms with Crippen molar-refractivity contribution in [3.05, 3.63) is 24.3 Å². The first-order valence-corrected chi connectivity index (χ1v) is 7.75. The molecule has 1 aromatic carbocycles. The van der Waals surface area contributed by atoms with Crippen molar-refractivity contribution in [1.29, 1.82) is 0 Å². The van der Waals surface area contributed by atoms with Gasteiger partial charge in [-0.2, -0.15) is 0 Å². The zero-order valence-corrected chi connectivity index (χ0v) is 14.9. The summed E-state index contributed by atoms with van der Waals surface area (Å²) in [7, 11) is 0.334. The molecule has 1 aliphatic heterocycles. The van der Waals surface area contributed by atoms with Crippen molar-refractivity contribution in [2.24, 2.45) is 0 Å². The predicted molar refractivity (Wildman–Crippen MR) is 83.5 cm³/mol. The lowest BCUT2D eigenvalue weighted by molar-refractivity contribution is 0.00578. The summed E-state index contributed by atoms with van der Waals surface area (Å²) in [6.07, 6.45) is 0. The van der Waals surface area contributed by atoms with Crippen LogP contribution in [-0.2, 0) is 13.7 Å². The van der Waals surface area contributed by atoms with Crippen LogP contribution in [-0.4, -0.2) is 42.0 Å². The molecule has 1 fully saturated rings. The Morgan fingerprint density at radius 2 is 1.65 bits per heavy atom. The van der Waals surface area contributed by atoms with Crippen LogP contribution in [0, 0.1) is 0 Å². The van der Waals surface area contributed by atoms with Crippen LogP contribution in [0.1, 0.15) is 27.7 Å². The van der Waals surface area contributed by atoms with Crippen molar-refractivity contribution in [1.82, 2.24) is 0 Å². The minimum Gasteiger partial charge on any atom is -0.492 e. The molecule has 0 saturated carbocycles. The summed E-state index contributed by atoms with van der Waals surface area (Å²) < 4.78 is 23.1. The monoisotopic (exact) mass is 294 g/mol. The molecule has 4 nitrogen and oxygen atoms in total. The van der Waals surface area contributed by atoms with Gasteiger partial charge in [0.1, 0.15) is 22.8 Å². The van der Waals surface area contributed by atoms with Crippen molar-refractivity contribution in [2.75, 3.05) is 13.2 Å². The normalized spacial score (nSPS) is 20.3. The van der Waals surface area contributed by atoms with Gasteiger partial charge in [-0.3, -0.25) is 0 Å². The van der Waals surface area contributed by atoms with Crippen LogP contribution >= 0.6 is 0 Å². The fourth-order valence-corrected chi connectivity index (χ4v) is 2.18. The molecule has 0 aliphatic carbocycles. The van der Waals surface area contributed by atoms with Crippen LogP contribution < -0.4 is 10.2 Å². The van der Waals surface area contributed by atoms with E-state index in [9.17, 15) is 0 Å². The van der Waals surface area contributed by atoms with E-state index < -0.39 is 7.12 Å². The molecule has 0 N–H and O–H groups in total. The maximum atomic E-state index is 6.07. The number of hydrogen-bond acceptors (Lipinski definition) is 4. The molecule has 20 heavy (non-hydrogen) atoms. The quantitative estimate of drug-likeness (QED) is 0.590. The summed E-state index contributed by atoms with van der Waals surface area (Å²) in [5.74, 6) is 0.796. The number of benzene rings is 1. The first-order chi connectivity index (χ1) is 9.37. The SMILES string of the molecule is CC1(C)OB(c2ccccc2OCCO[SiH3])OC1(C)C. The third-order valence-corrected chi connectivity index (χ3v) is 4.38. The predicted octanol–water partition coefficient (Wildman–Crippen LogP) is 0.662. The van der Waals surface area contributed by atoms with Gasteiger partial charge < -0.3 is 18.5 Å². The zero-order valence-electron chi connectivity index (χ0n) is 12.9. The Bertz CT molecular complexity index is 448. The largest absolute Gasteiger partial charge is 0.498 e. The average molecular weight is 294 g/mol. The van der Waals surface area contributed by atoms with E-state index in [1.807, 2.05) is 52.0 Å². The zero-order chi connectivity index (χ0) is 14.8. The van der Waals surface area contributed by atoms with Crippen LogP contribution in [0.25, 0.3) is 0 Å². The smallest absolute Gasteiger partial charge is 0.492 e. The second-order valence-electron chi connectivity index (χ2n) is 5.97. The van der Waals surface area contributed by atoms with Crippen molar-refractivity contribution >= 4 is 23.1 Å². The minimum atomic E-state index is -0.395. The van der Waals surface area contributed by atoms with E-state index in [0.29, 0.717) is 13.2 Å². The van der Waals surface area contributed by atoms with Crippen LogP contribution in [0.4, 0.5) is 0 Å². The minimum absolute atomic E-state index is 0.344. The van der Waals surface area contributed by atoms with Crippen molar-refractivity contribution in [3.8, 4) is 5.75 Å². The number of para-hydroxylation sites is 1. The van der Waals surface area contributed by atoms with Gasteiger partial charge in [0.05, 0.1) is 17.8 Å². The van der Waals surface area contributed by atoms with E-state index in [0.717, 1.165) is 21.7 Å². The second kappa shape index (κ2) is 5.89. The maximum Gasteiger partial charge on any atom is 0.498 e. The molecule has 0 bridgehead atoms. The fourth-order valence-electron chi connectivity index (χ4n) is 2.01. The molecule has 2 rings (SSSR count). The van der Waals surface area contributed by atoms with Gasteiger partial charge in [-0.05, 0) is 33.8 Å². The van der Waals surface area contributed by atoms with Gasteiger partial charge in [-0.15, -0.1) is 0 Å². The first-order valence-electron chi connectivity index (χ1n) is 6.94. The summed E-state index contributed by atoms with van der Waals surface area (Å²) in [5.41, 5.74) is 0.241. The Morgan fingerprint density at radius 3 is 2.25 bits per heavy atom. The summed E-state index contributed by atoms with van der Waals surface area (Å²) in [6.45, 7) is 9.35. The maximum absolute atomic E-state index is 6.07. The van der Waals surface area contributed by atoms with Crippen LogP contribution in [0.5, 0.6) is 5.75 Å². The van der Waals surface area contributed by atoms with E-state index in [-0.39, 0.29) is 11.2 Å². The standard InChI is InChI=1S/C14H23BO4Si/c1-13(2)14(3,4)19-15(18-13)11-7-5-6-8-12(11)16-9-10-17-20/h5-8H,9-10H2,1-4,20H3. The first kappa shape index (κ1) is 15.6. The average Bonchev–Trinajstić information content (AvgIpc) is 2.59. The third kappa shape index (κ3) is 3.09. The Kier molecular flexibility index (Phi) is 4.59. The topological polar surface area (TPSA) is 36.9 Å². The molecular weight excluding hydrogens is 271 g/mol. The highest BCUT2D eigenvalue weighted by atomic mass is 28.2. The summed E-state index contributed by atoms with van der Waals surface area (Å²) >= 11 is 0. The second-order valence-corrected chi connectivity index (χ2v) is 6.54. The lowest BCUT2D eigenvalue weighted by Gasteiger charge is -2.32. The third-order valence-electron chi connectivity index (χ3n) is 3.97. The van der Waals surface area contributed by atoms with Crippen LogP contribution in [0.2, 0.25) is 0 Å². The van der Waals surface area contributed by atoms with Gasteiger partial charge >= 0.3 is 7.12 Å². The Hall–Kier alpha value is -0.818. The summed E-state index contributed by atoms with van der Waals surface area (Å²) in [6, 6.07) is 7.84. The number of ether oxygens (including phenoxy) is 1. The Morgan fingerprint density at radius 1 is 1.05 bits per heavy atom. The molecule has 0 amide bonds. The summed E-state index contributed by atoms with van der Waals surface area (Å²) in [4.78, 5) is 0. The molecule has 1 heterocycles. The van der Waals surface area contributed by atoms with Gasteiger partial charge in [0.25, 0.3) is 0 Å². The molecule has 110 valence electrons. The molecule has 1 aromatic rings. The highest BCUT2D eigenvalue weighted by molar-refractivity contribution is 6.63. The molecule has 0 unspecified atom stereocenters. The molecule has 0 aromatic heterocycles. The Labute approximate surface area is 124 Å². The Balaban J connectivity index is 2.17. The highest BCUT2D eigenvalue weighted by Crippen LogP contribution is 2.37. The number of rotatable bonds is 5. The van der Waals surface area contributed by atoms with Crippen molar-refractivity contribution in [2.45, 2.75) is 38.9 Å². The molecule has 1 aliphatic rings. The van der Waals surface area contributed by atoms with E-state index in [1.54, 1.807) is 0 Å². The molecule has 0 spiro atoms. The van der Waals surface area contributed by atoms with Gasteiger partial charge in [-0.25, -0.2) is 0 Å². The van der Waals surface area contributed by atoms with Gasteiger partial charge in [-0.1, -0.05) is 18.2 Å². The lowest BCUT2D eigenvalue weighted by atomic mass is 9.78. The summed E-state index contributed by atoms with van der Waals surface area (Å²) in [5, 5.41) is 0. The molecule has 0 atom stereocenters. The van der Waals surface area contributed by atoms with Crippen molar-refractivity contribution < 1.29 is 18.5 Å². The number of hydrogen-bond donors (Lipinski definition) is 0. The van der Waals surface area contributed by atoms with Gasteiger partial charge in [0.15, 0.2) is 0 Å². The van der Waals surface area contributed by atoms with E-state index in [4.69, 9.17) is 18.5 Å². The fraction of sp³-hybridized carbons (Fsp3) is 0.571. The highest BCUT2D eigenvalue weighted by Gasteiger charge is 2.52. The van der Waals surface area contributed by atoms with Crippen LogP contribution in [0.15, 0.2) is 24.3 Å². The van der Waals surface area contributed by atoms with E-state index in [2.05, 4.69) is 0 Å². The van der Waals surface area contributed by atoms with E-state index >= 15 is 0 Å². The molecule has 1 saturated heterocycles. The molecule has 6 heteroatoms. The van der Waals surface area contributed by atoms with Gasteiger partial charge in [0, 0.05) is 5.46 Å². The van der Waals surface area contributed by atoms with Crippen LogP contribution in [0.3, 0.4) is 0 Å². The van der Waals surface area contributed by atoms with Gasteiger partial charge in [0.2, 0.25) is 0 Å².